The number of hydrogen-bond acceptors (Lipinski definition) is 13. The lowest BCUT2D eigenvalue weighted by Crippen LogP contribution is -2.58. The maximum atomic E-state index is 14.3. The molecule has 0 radical (unpaired) electrons. The van der Waals surface area contributed by atoms with Crippen molar-refractivity contribution in [3.63, 3.8) is 0 Å². The molecule has 1 unspecified atom stereocenters. The summed E-state index contributed by atoms with van der Waals surface area (Å²) >= 11 is 0. The van der Waals surface area contributed by atoms with Crippen LogP contribution in [0, 0.1) is 26.2 Å². The van der Waals surface area contributed by atoms with Gasteiger partial charge in [0.15, 0.2) is 15.6 Å². The third-order valence-electron chi connectivity index (χ3n) is 12.1. The van der Waals surface area contributed by atoms with Crippen molar-refractivity contribution < 1.29 is 56.2 Å². The maximum absolute atomic E-state index is 14.3. The van der Waals surface area contributed by atoms with Crippen molar-refractivity contribution in [3.05, 3.63) is 58.1 Å². The summed E-state index contributed by atoms with van der Waals surface area (Å²) in [6, 6.07) is 3.61. The van der Waals surface area contributed by atoms with E-state index < -0.39 is 111 Å². The van der Waals surface area contributed by atoms with Crippen LogP contribution in [0.25, 0.3) is 0 Å². The molecular weight excluding hydrogens is 933 g/mol. The first-order valence-electron chi connectivity index (χ1n) is 24.5. The first kappa shape index (κ1) is 57.7. The number of hydrogen-bond donors (Lipinski definition) is 6. The van der Waals surface area contributed by atoms with Crippen LogP contribution < -0.4 is 31.3 Å². The Morgan fingerprint density at radius 3 is 1.97 bits per heavy atom. The molecule has 19 heteroatoms. The predicted octanol–water partition coefficient (Wildman–Crippen LogP) is 5.65. The van der Waals surface area contributed by atoms with Crippen molar-refractivity contribution in [2.45, 2.75) is 199 Å². The number of benzene rings is 2. The summed E-state index contributed by atoms with van der Waals surface area (Å²) in [5.41, 5.74) is 1.32. The van der Waals surface area contributed by atoms with Crippen LogP contribution in [-0.4, -0.2) is 109 Å². The van der Waals surface area contributed by atoms with E-state index in [1.54, 1.807) is 85.7 Å². The molecular formula is C52H76N6O12S. The Morgan fingerprint density at radius 2 is 1.32 bits per heavy atom. The molecule has 5 amide bonds. The monoisotopic (exact) mass is 1010 g/mol. The molecule has 4 atom stereocenters. The molecule has 0 bridgehead atoms. The van der Waals surface area contributed by atoms with Gasteiger partial charge in [-0.25, -0.2) is 13.2 Å². The first-order valence-corrected chi connectivity index (χ1v) is 26.2. The minimum atomic E-state index is -3.93. The van der Waals surface area contributed by atoms with Crippen LogP contribution in [0.2, 0.25) is 0 Å². The van der Waals surface area contributed by atoms with Gasteiger partial charge in [0.25, 0.3) is 0 Å². The second kappa shape index (κ2) is 24.5. The van der Waals surface area contributed by atoms with E-state index in [9.17, 15) is 42.0 Å². The molecule has 71 heavy (non-hydrogen) atoms. The molecule has 2 heterocycles. The molecule has 2 aliphatic rings. The Labute approximate surface area is 419 Å². The molecule has 2 aromatic carbocycles. The van der Waals surface area contributed by atoms with Gasteiger partial charge in [0.1, 0.15) is 40.7 Å². The van der Waals surface area contributed by atoms with Gasteiger partial charge in [-0.15, -0.1) is 0 Å². The highest BCUT2D eigenvalue weighted by atomic mass is 32.2. The fourth-order valence-electron chi connectivity index (χ4n) is 8.64. The van der Waals surface area contributed by atoms with Gasteiger partial charge in [0.2, 0.25) is 23.6 Å². The third kappa shape index (κ3) is 18.1. The van der Waals surface area contributed by atoms with Crippen molar-refractivity contribution in [3.8, 4) is 5.75 Å². The topological polar surface area (TPSA) is 265 Å². The number of alkyl carbamates (subject to hydrolysis) is 1. The van der Waals surface area contributed by atoms with Gasteiger partial charge in [0.05, 0.1) is 23.1 Å². The highest BCUT2D eigenvalue weighted by molar-refractivity contribution is 7.92. The maximum Gasteiger partial charge on any atom is 0.407 e. The Balaban J connectivity index is 1.57. The number of nitrogens with one attached hydrogen (secondary N) is 6. The molecule has 392 valence electrons. The van der Waals surface area contributed by atoms with Gasteiger partial charge < -0.3 is 46.2 Å². The Hall–Kier alpha value is -5.85. The molecule has 1 fully saturated rings. The van der Waals surface area contributed by atoms with E-state index in [0.29, 0.717) is 48.1 Å². The van der Waals surface area contributed by atoms with Crippen LogP contribution in [0.4, 0.5) is 4.79 Å². The molecule has 0 spiro atoms. The number of carbonyl (C=O) groups is 7. The normalized spacial score (nSPS) is 20.2. The lowest BCUT2D eigenvalue weighted by Gasteiger charge is -2.26. The van der Waals surface area contributed by atoms with Crippen LogP contribution in [0.15, 0.2) is 35.2 Å². The van der Waals surface area contributed by atoms with Gasteiger partial charge in [-0.05, 0) is 137 Å². The second-order valence-electron chi connectivity index (χ2n) is 21.3. The van der Waals surface area contributed by atoms with Crippen LogP contribution >= 0.6 is 0 Å². The predicted molar refractivity (Wildman–Crippen MR) is 268 cm³/mol. The van der Waals surface area contributed by atoms with E-state index in [1.165, 1.54) is 0 Å². The van der Waals surface area contributed by atoms with Gasteiger partial charge >= 0.3 is 12.1 Å². The lowest BCUT2D eigenvalue weighted by atomic mass is 9.94. The van der Waals surface area contributed by atoms with Crippen LogP contribution in [0.1, 0.15) is 147 Å². The van der Waals surface area contributed by atoms with Crippen molar-refractivity contribution in [1.82, 2.24) is 26.6 Å². The van der Waals surface area contributed by atoms with E-state index in [2.05, 4.69) is 26.6 Å². The molecule has 0 saturated carbocycles. The standard InChI is InChI=1S/C52H76N6O12S/c1-31-32(2)45(33(3)36-29-52(10,11)69-44(31)36)71(66,67)30-35(53)21-15-16-22-37-41(59)24-25-42(60)55-40(28-43(61)68-50(4,5)6)48(64)58-39(27-34-19-13-12-14-20-34)47(63)57-38(46(62)56-37)23-17-18-26-54-49(65)70-51(7,8)9/h12-14,19-20,37-40,53H,15-18,21-30H2,1-11H3,(H,54,65)(H,55,60)(H,56,62)(H,57,63)(H,58,64)/t37-,38-,39?,40-/m0/s1. The summed E-state index contributed by atoms with van der Waals surface area (Å²) in [5.74, 6) is -4.16. The quantitative estimate of drug-likeness (QED) is 0.0638. The summed E-state index contributed by atoms with van der Waals surface area (Å²) < 4.78 is 44.8. The summed E-state index contributed by atoms with van der Waals surface area (Å²) in [6.07, 6.45) is 0.0231. The molecule has 0 aliphatic carbocycles. The summed E-state index contributed by atoms with van der Waals surface area (Å²) in [4.78, 5) is 95.5. The highest BCUT2D eigenvalue weighted by Gasteiger charge is 2.38. The van der Waals surface area contributed by atoms with Crippen molar-refractivity contribution in [2.75, 3.05) is 12.3 Å². The van der Waals surface area contributed by atoms with Crippen molar-refractivity contribution in [2.24, 2.45) is 0 Å². The molecule has 4 rings (SSSR count). The molecule has 2 aliphatic heterocycles. The Bertz CT molecular complexity index is 2420. The van der Waals surface area contributed by atoms with E-state index >= 15 is 0 Å². The lowest BCUT2D eigenvalue weighted by molar-refractivity contribution is -0.156. The summed E-state index contributed by atoms with van der Waals surface area (Å²) in [7, 11) is -3.93. The summed E-state index contributed by atoms with van der Waals surface area (Å²) in [6.45, 7) is 19.6. The number of fused-ring (bicyclic) bond motifs is 1. The van der Waals surface area contributed by atoms with E-state index in [1.807, 2.05) is 20.8 Å². The van der Waals surface area contributed by atoms with E-state index in [-0.39, 0.29) is 55.7 Å². The third-order valence-corrected chi connectivity index (χ3v) is 14.0. The minimum Gasteiger partial charge on any atom is -0.487 e. The van der Waals surface area contributed by atoms with E-state index in [0.717, 1.165) is 11.1 Å². The number of ether oxygens (including phenoxy) is 3. The largest absolute Gasteiger partial charge is 0.487 e. The SMILES string of the molecule is Cc1c(C)c(S(=O)(=O)CC(=N)CCCC[C@@H]2NC(=O)[C@H](CCCCNC(=O)OC(C)(C)C)NC(=O)C(Cc3ccccc3)NC(=O)[C@H](CC(=O)OC(C)(C)C)NC(=O)CCC2=O)c(C)c2c1OC(C)(C)C2. The van der Waals surface area contributed by atoms with Gasteiger partial charge in [-0.1, -0.05) is 36.8 Å². The number of sulfone groups is 1. The molecule has 0 aromatic heterocycles. The molecule has 6 N–H and O–H groups in total. The smallest absolute Gasteiger partial charge is 0.407 e. The average molecular weight is 1010 g/mol. The number of ketones is 1. The molecule has 18 nitrogen and oxygen atoms in total. The fraction of sp³-hybridized carbons (Fsp3) is 0.615. The highest BCUT2D eigenvalue weighted by Crippen LogP contribution is 2.44. The van der Waals surface area contributed by atoms with E-state index in [4.69, 9.17) is 19.6 Å². The molecule has 2 aromatic rings. The van der Waals surface area contributed by atoms with Gasteiger partial charge in [0, 0.05) is 43.5 Å². The van der Waals surface area contributed by atoms with Crippen LogP contribution in [0.5, 0.6) is 5.75 Å². The Morgan fingerprint density at radius 1 is 0.746 bits per heavy atom. The Kier molecular flexibility index (Phi) is 19.9. The molecule has 1 saturated heterocycles. The number of Topliss-reactive ketones (excluding diaryl/α,β-unsaturated/α-hetero) is 1. The van der Waals surface area contributed by atoms with Crippen LogP contribution in [0.3, 0.4) is 0 Å². The van der Waals surface area contributed by atoms with Crippen molar-refractivity contribution >= 4 is 57.0 Å². The first-order chi connectivity index (χ1) is 32.9. The van der Waals surface area contributed by atoms with Crippen LogP contribution in [-0.2, 0) is 60.9 Å². The number of amides is 5. The fourth-order valence-corrected chi connectivity index (χ4v) is 10.6. The number of esters is 1. The number of unbranched alkanes of at least 4 members (excludes halogenated alkanes) is 2. The zero-order chi connectivity index (χ0) is 53.1. The zero-order valence-electron chi connectivity index (χ0n) is 43.4. The summed E-state index contributed by atoms with van der Waals surface area (Å²) in [5, 5.41) is 22.2. The second-order valence-corrected chi connectivity index (χ2v) is 23.3. The van der Waals surface area contributed by atoms with Gasteiger partial charge in [-0.3, -0.25) is 28.8 Å². The zero-order valence-corrected chi connectivity index (χ0v) is 44.2. The average Bonchev–Trinajstić information content (AvgIpc) is 3.58. The van der Waals surface area contributed by atoms with Gasteiger partial charge in [-0.2, -0.15) is 0 Å². The number of carbonyl (C=O) groups excluding carboxylic acids is 7. The minimum absolute atomic E-state index is 0.0225. The van der Waals surface area contributed by atoms with Crippen molar-refractivity contribution in [1.29, 1.82) is 5.41 Å². The number of rotatable bonds is 17.